The molecule has 0 spiro atoms. The van der Waals surface area contributed by atoms with Crippen LogP contribution in [0.5, 0.6) is 0 Å². The average Bonchev–Trinajstić information content (AvgIpc) is 2.92. The maximum Gasteiger partial charge on any atom is 0.144 e. The molecule has 1 heterocycles. The summed E-state index contributed by atoms with van der Waals surface area (Å²) in [6, 6.07) is 4.34. The van der Waals surface area contributed by atoms with Gasteiger partial charge in [-0.05, 0) is 49.1 Å². The van der Waals surface area contributed by atoms with Crippen molar-refractivity contribution in [1.82, 2.24) is 4.98 Å². The van der Waals surface area contributed by atoms with E-state index >= 15 is 0 Å². The van der Waals surface area contributed by atoms with Gasteiger partial charge < -0.3 is 5.32 Å². The van der Waals surface area contributed by atoms with Crippen LogP contribution in [0.25, 0.3) is 0 Å². The number of nitrogens with one attached hydrogen (secondary N) is 1. The van der Waals surface area contributed by atoms with Crippen molar-refractivity contribution in [3.05, 3.63) is 22.9 Å². The van der Waals surface area contributed by atoms with E-state index in [0.29, 0.717) is 11.0 Å². The highest BCUT2D eigenvalue weighted by Gasteiger charge is 2.27. The van der Waals surface area contributed by atoms with E-state index in [1.54, 1.807) is 0 Å². The standard InChI is InChI=1S/C17H23N3/c1-17(8-3-2-4-9-17)12-19-16-14(11-18)10-13-6-5-7-15(13)20-16/h10H,2-9,12H2,1H3,(H,19,20). The van der Waals surface area contributed by atoms with Gasteiger partial charge in [-0.2, -0.15) is 5.26 Å². The second-order valence-electron chi connectivity index (χ2n) is 6.68. The molecule has 1 N–H and O–H groups in total. The lowest BCUT2D eigenvalue weighted by Crippen LogP contribution is -2.29. The highest BCUT2D eigenvalue weighted by Crippen LogP contribution is 2.36. The van der Waals surface area contributed by atoms with Gasteiger partial charge in [-0.3, -0.25) is 0 Å². The van der Waals surface area contributed by atoms with Gasteiger partial charge in [0.05, 0.1) is 5.56 Å². The summed E-state index contributed by atoms with van der Waals surface area (Å²) in [5.41, 5.74) is 3.55. The van der Waals surface area contributed by atoms with Gasteiger partial charge in [0, 0.05) is 12.2 Å². The molecule has 1 saturated carbocycles. The summed E-state index contributed by atoms with van der Waals surface area (Å²) in [6.07, 6.45) is 9.92. The number of aryl methyl sites for hydroxylation is 2. The number of nitriles is 1. The molecule has 0 bridgehead atoms. The molecule has 0 radical (unpaired) electrons. The second-order valence-corrected chi connectivity index (χ2v) is 6.68. The topological polar surface area (TPSA) is 48.7 Å². The first-order chi connectivity index (χ1) is 9.70. The number of nitrogens with zero attached hydrogens (tertiary/aromatic N) is 2. The molecular weight excluding hydrogens is 246 g/mol. The normalized spacial score (nSPS) is 20.2. The Hall–Kier alpha value is -1.56. The first kappa shape index (κ1) is 13.4. The van der Waals surface area contributed by atoms with Crippen LogP contribution in [-0.4, -0.2) is 11.5 Å². The van der Waals surface area contributed by atoms with Crippen LogP contribution >= 0.6 is 0 Å². The molecule has 2 aliphatic carbocycles. The van der Waals surface area contributed by atoms with Crippen molar-refractivity contribution in [2.75, 3.05) is 11.9 Å². The summed E-state index contributed by atoms with van der Waals surface area (Å²) in [5, 5.41) is 12.8. The van der Waals surface area contributed by atoms with E-state index in [1.807, 2.05) is 6.07 Å². The van der Waals surface area contributed by atoms with E-state index in [4.69, 9.17) is 4.98 Å². The Balaban J connectivity index is 1.75. The molecule has 1 fully saturated rings. The number of rotatable bonds is 3. The van der Waals surface area contributed by atoms with Crippen molar-refractivity contribution in [3.8, 4) is 6.07 Å². The number of pyridine rings is 1. The Morgan fingerprint density at radius 3 is 2.80 bits per heavy atom. The van der Waals surface area contributed by atoms with Crippen LogP contribution in [0.4, 0.5) is 5.82 Å². The highest BCUT2D eigenvalue weighted by atomic mass is 15.0. The zero-order valence-electron chi connectivity index (χ0n) is 12.3. The van der Waals surface area contributed by atoms with Crippen molar-refractivity contribution >= 4 is 5.82 Å². The minimum absolute atomic E-state index is 0.367. The Kier molecular flexibility index (Phi) is 3.65. The van der Waals surface area contributed by atoms with Gasteiger partial charge in [0.2, 0.25) is 0 Å². The second kappa shape index (κ2) is 5.44. The zero-order valence-corrected chi connectivity index (χ0v) is 12.3. The van der Waals surface area contributed by atoms with Gasteiger partial charge in [0.15, 0.2) is 0 Å². The summed E-state index contributed by atoms with van der Waals surface area (Å²) in [6.45, 7) is 3.30. The molecule has 3 heteroatoms. The zero-order chi connectivity index (χ0) is 14.0. The van der Waals surface area contributed by atoms with Crippen LogP contribution in [0, 0.1) is 16.7 Å². The first-order valence-corrected chi connectivity index (χ1v) is 7.87. The molecule has 1 aromatic heterocycles. The van der Waals surface area contributed by atoms with Gasteiger partial charge >= 0.3 is 0 Å². The number of hydrogen-bond donors (Lipinski definition) is 1. The Morgan fingerprint density at radius 2 is 2.05 bits per heavy atom. The predicted molar refractivity (Wildman–Crippen MR) is 80.7 cm³/mol. The molecule has 3 nitrogen and oxygen atoms in total. The Morgan fingerprint density at radius 1 is 1.25 bits per heavy atom. The van der Waals surface area contributed by atoms with E-state index in [-0.39, 0.29) is 0 Å². The molecule has 106 valence electrons. The summed E-state index contributed by atoms with van der Waals surface area (Å²) in [5.74, 6) is 0.806. The monoisotopic (exact) mass is 269 g/mol. The molecular formula is C17H23N3. The van der Waals surface area contributed by atoms with Gasteiger partial charge in [0.1, 0.15) is 11.9 Å². The molecule has 0 aromatic carbocycles. The highest BCUT2D eigenvalue weighted by molar-refractivity contribution is 5.55. The molecule has 0 atom stereocenters. The van der Waals surface area contributed by atoms with Gasteiger partial charge in [-0.25, -0.2) is 4.98 Å². The summed E-state index contributed by atoms with van der Waals surface area (Å²) in [7, 11) is 0. The van der Waals surface area contributed by atoms with Crippen LogP contribution in [0.2, 0.25) is 0 Å². The fourth-order valence-electron chi connectivity index (χ4n) is 3.57. The third-order valence-electron chi connectivity index (χ3n) is 4.91. The van der Waals surface area contributed by atoms with E-state index in [2.05, 4.69) is 18.3 Å². The van der Waals surface area contributed by atoms with E-state index in [1.165, 1.54) is 49.8 Å². The maximum atomic E-state index is 9.32. The largest absolute Gasteiger partial charge is 0.368 e. The maximum absolute atomic E-state index is 9.32. The van der Waals surface area contributed by atoms with Crippen molar-refractivity contribution in [3.63, 3.8) is 0 Å². The quantitative estimate of drug-likeness (QED) is 0.907. The minimum Gasteiger partial charge on any atom is -0.368 e. The van der Waals surface area contributed by atoms with Crippen LogP contribution in [0.1, 0.15) is 62.3 Å². The van der Waals surface area contributed by atoms with Crippen molar-refractivity contribution in [1.29, 1.82) is 5.26 Å². The summed E-state index contributed by atoms with van der Waals surface area (Å²) < 4.78 is 0. The molecule has 3 rings (SSSR count). The van der Waals surface area contributed by atoms with Crippen molar-refractivity contribution < 1.29 is 0 Å². The van der Waals surface area contributed by atoms with Crippen LogP contribution in [0.3, 0.4) is 0 Å². The summed E-state index contributed by atoms with van der Waals surface area (Å²) >= 11 is 0. The lowest BCUT2D eigenvalue weighted by molar-refractivity contribution is 0.233. The first-order valence-electron chi connectivity index (χ1n) is 7.87. The predicted octanol–water partition coefficient (Wildman–Crippen LogP) is 3.82. The molecule has 0 aliphatic heterocycles. The smallest absolute Gasteiger partial charge is 0.144 e. The fourth-order valence-corrected chi connectivity index (χ4v) is 3.57. The van der Waals surface area contributed by atoms with Gasteiger partial charge in [-0.1, -0.05) is 26.2 Å². The number of hydrogen-bond acceptors (Lipinski definition) is 3. The third-order valence-corrected chi connectivity index (χ3v) is 4.91. The van der Waals surface area contributed by atoms with E-state index in [0.717, 1.165) is 25.2 Å². The Bertz CT molecular complexity index is 536. The Labute approximate surface area is 121 Å². The average molecular weight is 269 g/mol. The molecule has 0 amide bonds. The fraction of sp³-hybridized carbons (Fsp3) is 0.647. The molecule has 0 saturated heterocycles. The molecule has 20 heavy (non-hydrogen) atoms. The summed E-state index contributed by atoms with van der Waals surface area (Å²) in [4.78, 5) is 4.71. The van der Waals surface area contributed by atoms with Crippen molar-refractivity contribution in [2.45, 2.75) is 58.3 Å². The van der Waals surface area contributed by atoms with Crippen LogP contribution < -0.4 is 5.32 Å². The number of fused-ring (bicyclic) bond motifs is 1. The number of anilines is 1. The van der Waals surface area contributed by atoms with Gasteiger partial charge in [-0.15, -0.1) is 0 Å². The number of aromatic nitrogens is 1. The van der Waals surface area contributed by atoms with E-state index in [9.17, 15) is 5.26 Å². The SMILES string of the molecule is CC1(CNc2nc3c(cc2C#N)CCC3)CCCCC1. The van der Waals surface area contributed by atoms with Crippen molar-refractivity contribution in [2.24, 2.45) is 5.41 Å². The van der Waals surface area contributed by atoms with E-state index < -0.39 is 0 Å². The molecule has 0 unspecified atom stereocenters. The third kappa shape index (κ3) is 2.65. The van der Waals surface area contributed by atoms with Crippen LogP contribution in [-0.2, 0) is 12.8 Å². The van der Waals surface area contributed by atoms with Crippen LogP contribution in [0.15, 0.2) is 6.07 Å². The minimum atomic E-state index is 0.367. The molecule has 2 aliphatic rings. The lowest BCUT2D eigenvalue weighted by atomic mass is 9.76. The van der Waals surface area contributed by atoms with Gasteiger partial charge in [0.25, 0.3) is 0 Å². The lowest BCUT2D eigenvalue weighted by Gasteiger charge is -2.34. The molecule has 1 aromatic rings.